The summed E-state index contributed by atoms with van der Waals surface area (Å²) in [5, 5.41) is 8.48. The molecule has 1 aromatic heterocycles. The minimum atomic E-state index is 0.109. The van der Waals surface area contributed by atoms with Crippen molar-refractivity contribution in [1.82, 2.24) is 15.5 Å². The number of nitrogens with zero attached hydrogens (tertiary/aromatic N) is 3. The van der Waals surface area contributed by atoms with E-state index in [9.17, 15) is 4.79 Å². The fourth-order valence-electron chi connectivity index (χ4n) is 3.09. The first-order valence-corrected chi connectivity index (χ1v) is 10.1. The first-order chi connectivity index (χ1) is 13.2. The van der Waals surface area contributed by atoms with Gasteiger partial charge in [0, 0.05) is 43.8 Å². The average Bonchev–Trinajstić information content (AvgIpc) is 3.13. The van der Waals surface area contributed by atoms with Gasteiger partial charge in [0.2, 0.25) is 5.91 Å². The van der Waals surface area contributed by atoms with Crippen LogP contribution in [-0.2, 0) is 11.3 Å². The molecule has 27 heavy (non-hydrogen) atoms. The predicted molar refractivity (Wildman–Crippen MR) is 112 cm³/mol. The molecule has 0 spiro atoms. The molecular formula is C20H27N5OS. The highest BCUT2D eigenvalue weighted by Gasteiger charge is 2.21. The van der Waals surface area contributed by atoms with E-state index in [0.717, 1.165) is 26.2 Å². The average molecular weight is 386 g/mol. The molecule has 0 aliphatic carbocycles. The normalized spacial score (nSPS) is 15.0. The molecule has 7 heteroatoms. The van der Waals surface area contributed by atoms with Crippen molar-refractivity contribution in [1.29, 1.82) is 0 Å². The van der Waals surface area contributed by atoms with Crippen LogP contribution >= 0.6 is 11.3 Å². The van der Waals surface area contributed by atoms with Crippen LogP contribution in [0.15, 0.2) is 46.8 Å². The molecule has 1 aliphatic rings. The van der Waals surface area contributed by atoms with Crippen LogP contribution in [0.25, 0.3) is 0 Å². The van der Waals surface area contributed by atoms with E-state index < -0.39 is 0 Å². The summed E-state index contributed by atoms with van der Waals surface area (Å²) >= 11 is 1.72. The Morgan fingerprint density at radius 1 is 1.11 bits per heavy atom. The third-order valence-corrected chi connectivity index (χ3v) is 5.79. The van der Waals surface area contributed by atoms with Crippen LogP contribution in [0.2, 0.25) is 0 Å². The molecule has 144 valence electrons. The van der Waals surface area contributed by atoms with Gasteiger partial charge < -0.3 is 20.4 Å². The Morgan fingerprint density at radius 2 is 1.85 bits per heavy atom. The summed E-state index contributed by atoms with van der Waals surface area (Å²) < 4.78 is 0. The standard InChI is InChI=1S/C20H27N5OS/c1-16-8-13-27-18(16)14-22-20(21-2)23-15-19(26)25-11-9-24(10-12-25)17-6-4-3-5-7-17/h3-8,13H,9-12,14-15H2,1-2H3,(H2,21,22,23). The molecule has 0 bridgehead atoms. The molecule has 1 saturated heterocycles. The Bertz CT molecular complexity index is 766. The molecular weight excluding hydrogens is 358 g/mol. The van der Waals surface area contributed by atoms with Crippen molar-refractivity contribution in [3.05, 3.63) is 52.2 Å². The van der Waals surface area contributed by atoms with Crippen LogP contribution in [0.1, 0.15) is 10.4 Å². The van der Waals surface area contributed by atoms with Crippen molar-refractivity contribution in [2.24, 2.45) is 4.99 Å². The highest BCUT2D eigenvalue weighted by atomic mass is 32.1. The summed E-state index contributed by atoms with van der Waals surface area (Å²) in [5.74, 6) is 0.761. The van der Waals surface area contributed by atoms with Crippen molar-refractivity contribution < 1.29 is 4.79 Å². The van der Waals surface area contributed by atoms with Gasteiger partial charge in [0.25, 0.3) is 0 Å². The Balaban J connectivity index is 1.42. The van der Waals surface area contributed by atoms with Gasteiger partial charge in [0.15, 0.2) is 5.96 Å². The van der Waals surface area contributed by atoms with E-state index in [2.05, 4.69) is 51.0 Å². The van der Waals surface area contributed by atoms with Crippen molar-refractivity contribution in [3.63, 3.8) is 0 Å². The number of hydrogen-bond acceptors (Lipinski definition) is 4. The van der Waals surface area contributed by atoms with Gasteiger partial charge in [-0.15, -0.1) is 11.3 Å². The fraction of sp³-hybridized carbons (Fsp3) is 0.400. The van der Waals surface area contributed by atoms with Gasteiger partial charge in [0.05, 0.1) is 13.1 Å². The molecule has 1 amide bonds. The molecule has 1 aromatic carbocycles. The van der Waals surface area contributed by atoms with Crippen LogP contribution in [-0.4, -0.2) is 56.5 Å². The minimum Gasteiger partial charge on any atom is -0.368 e. The third kappa shape index (κ3) is 5.23. The van der Waals surface area contributed by atoms with Crippen molar-refractivity contribution in [2.45, 2.75) is 13.5 Å². The summed E-state index contributed by atoms with van der Waals surface area (Å²) in [6, 6.07) is 12.5. The first kappa shape index (κ1) is 19.2. The molecule has 0 saturated carbocycles. The lowest BCUT2D eigenvalue weighted by Crippen LogP contribution is -2.52. The molecule has 3 rings (SSSR count). The largest absolute Gasteiger partial charge is 0.368 e. The van der Waals surface area contributed by atoms with Crippen molar-refractivity contribution >= 4 is 28.9 Å². The summed E-state index contributed by atoms with van der Waals surface area (Å²) in [6.07, 6.45) is 0. The second-order valence-electron chi connectivity index (χ2n) is 6.51. The summed E-state index contributed by atoms with van der Waals surface area (Å²) in [5.41, 5.74) is 2.49. The van der Waals surface area contributed by atoms with E-state index >= 15 is 0 Å². The molecule has 0 atom stereocenters. The number of amides is 1. The van der Waals surface area contributed by atoms with Crippen LogP contribution in [0.4, 0.5) is 5.69 Å². The van der Waals surface area contributed by atoms with Gasteiger partial charge in [-0.1, -0.05) is 18.2 Å². The molecule has 2 N–H and O–H groups in total. The lowest BCUT2D eigenvalue weighted by atomic mass is 10.2. The molecule has 1 fully saturated rings. The smallest absolute Gasteiger partial charge is 0.242 e. The third-order valence-electron chi connectivity index (χ3n) is 4.77. The second-order valence-corrected chi connectivity index (χ2v) is 7.51. The summed E-state index contributed by atoms with van der Waals surface area (Å²) in [6.45, 7) is 6.29. The highest BCUT2D eigenvalue weighted by Crippen LogP contribution is 2.16. The maximum Gasteiger partial charge on any atom is 0.242 e. The number of thiophene rings is 1. The minimum absolute atomic E-state index is 0.109. The molecule has 2 heterocycles. The number of guanidine groups is 1. The van der Waals surface area contributed by atoms with E-state index in [1.165, 1.54) is 16.1 Å². The molecule has 6 nitrogen and oxygen atoms in total. The maximum absolute atomic E-state index is 12.5. The van der Waals surface area contributed by atoms with E-state index in [1.807, 2.05) is 23.1 Å². The lowest BCUT2D eigenvalue weighted by molar-refractivity contribution is -0.130. The second kappa shape index (κ2) is 9.41. The number of rotatable bonds is 5. The Labute approximate surface area is 164 Å². The Morgan fingerprint density at radius 3 is 2.48 bits per heavy atom. The topological polar surface area (TPSA) is 60.0 Å². The number of benzene rings is 1. The number of aliphatic imine (C=N–C) groups is 1. The molecule has 0 unspecified atom stereocenters. The van der Waals surface area contributed by atoms with Gasteiger partial charge in [-0.3, -0.25) is 9.79 Å². The number of para-hydroxylation sites is 1. The number of carbonyl (C=O) groups excluding carboxylic acids is 1. The number of piperazine rings is 1. The molecule has 2 aromatic rings. The van der Waals surface area contributed by atoms with E-state index in [1.54, 1.807) is 18.4 Å². The number of carbonyl (C=O) groups is 1. The quantitative estimate of drug-likeness (QED) is 0.611. The first-order valence-electron chi connectivity index (χ1n) is 9.22. The predicted octanol–water partition coefficient (Wildman–Crippen LogP) is 2.07. The van der Waals surface area contributed by atoms with Crippen LogP contribution in [0.5, 0.6) is 0 Å². The van der Waals surface area contributed by atoms with Crippen molar-refractivity contribution in [2.75, 3.05) is 44.7 Å². The van der Waals surface area contributed by atoms with E-state index in [0.29, 0.717) is 12.5 Å². The molecule has 1 aliphatic heterocycles. The summed E-state index contributed by atoms with van der Waals surface area (Å²) in [4.78, 5) is 22.2. The number of aryl methyl sites for hydroxylation is 1. The SMILES string of the molecule is CN=C(NCC(=O)N1CCN(c2ccccc2)CC1)NCc1sccc1C. The van der Waals surface area contributed by atoms with Crippen LogP contribution in [0.3, 0.4) is 0 Å². The zero-order valence-electron chi connectivity index (χ0n) is 15.9. The van der Waals surface area contributed by atoms with E-state index in [4.69, 9.17) is 0 Å². The summed E-state index contributed by atoms with van der Waals surface area (Å²) in [7, 11) is 1.72. The Kier molecular flexibility index (Phi) is 6.70. The lowest BCUT2D eigenvalue weighted by Gasteiger charge is -2.36. The highest BCUT2D eigenvalue weighted by molar-refractivity contribution is 7.10. The zero-order chi connectivity index (χ0) is 19.1. The van der Waals surface area contributed by atoms with Gasteiger partial charge >= 0.3 is 0 Å². The van der Waals surface area contributed by atoms with Crippen LogP contribution in [0, 0.1) is 6.92 Å². The van der Waals surface area contributed by atoms with Gasteiger partial charge in [0.1, 0.15) is 0 Å². The fourth-order valence-corrected chi connectivity index (χ4v) is 3.94. The van der Waals surface area contributed by atoms with Gasteiger partial charge in [-0.05, 0) is 36.1 Å². The monoisotopic (exact) mass is 385 g/mol. The van der Waals surface area contributed by atoms with Crippen LogP contribution < -0.4 is 15.5 Å². The Hall–Kier alpha value is -2.54. The zero-order valence-corrected chi connectivity index (χ0v) is 16.8. The van der Waals surface area contributed by atoms with Gasteiger partial charge in [-0.25, -0.2) is 0 Å². The number of anilines is 1. The molecule has 0 radical (unpaired) electrons. The van der Waals surface area contributed by atoms with Crippen molar-refractivity contribution in [3.8, 4) is 0 Å². The maximum atomic E-state index is 12.5. The van der Waals surface area contributed by atoms with Gasteiger partial charge in [-0.2, -0.15) is 0 Å². The number of hydrogen-bond donors (Lipinski definition) is 2. The van der Waals surface area contributed by atoms with E-state index in [-0.39, 0.29) is 12.5 Å². The number of nitrogens with one attached hydrogen (secondary N) is 2.